The van der Waals surface area contributed by atoms with Gasteiger partial charge in [-0.2, -0.15) is 0 Å². The zero-order valence-electron chi connectivity index (χ0n) is 7.82. The quantitative estimate of drug-likeness (QED) is 0.882. The first-order chi connectivity index (χ1) is 6.81. The van der Waals surface area contributed by atoms with Crippen LogP contribution in [0.1, 0.15) is 24.5 Å². The predicted octanol–water partition coefficient (Wildman–Crippen LogP) is 2.66. The molecule has 0 aliphatic carbocycles. The maximum Gasteiger partial charge on any atom is 0.0841 e. The molecule has 1 saturated heterocycles. The molecular weight excluding hydrogens is 244 g/mol. The van der Waals surface area contributed by atoms with Crippen LogP contribution >= 0.6 is 15.9 Å². The number of aliphatic hydroxyl groups is 1. The molecular formula is C11H13BrO2. The molecule has 2 unspecified atom stereocenters. The lowest BCUT2D eigenvalue weighted by molar-refractivity contribution is 0.0107. The van der Waals surface area contributed by atoms with Gasteiger partial charge in [-0.05, 0) is 24.5 Å². The third-order valence-corrected chi connectivity index (χ3v) is 3.29. The van der Waals surface area contributed by atoms with E-state index in [0.717, 1.165) is 17.3 Å². The van der Waals surface area contributed by atoms with Crippen LogP contribution in [0.25, 0.3) is 0 Å². The lowest BCUT2D eigenvalue weighted by Crippen LogP contribution is -2.11. The van der Waals surface area contributed by atoms with Crippen molar-refractivity contribution >= 4 is 15.9 Å². The lowest BCUT2D eigenvalue weighted by Gasteiger charge is -2.13. The van der Waals surface area contributed by atoms with Crippen LogP contribution < -0.4 is 0 Å². The van der Waals surface area contributed by atoms with Gasteiger partial charge in [-0.1, -0.05) is 34.1 Å². The first-order valence-corrected chi connectivity index (χ1v) is 5.61. The molecule has 14 heavy (non-hydrogen) atoms. The van der Waals surface area contributed by atoms with Gasteiger partial charge in [0.2, 0.25) is 0 Å². The van der Waals surface area contributed by atoms with Crippen molar-refractivity contribution in [1.82, 2.24) is 0 Å². The van der Waals surface area contributed by atoms with E-state index in [9.17, 15) is 0 Å². The molecule has 1 aliphatic rings. The molecule has 2 rings (SSSR count). The molecule has 3 heteroatoms. The second kappa shape index (κ2) is 4.43. The highest BCUT2D eigenvalue weighted by molar-refractivity contribution is 9.10. The monoisotopic (exact) mass is 256 g/mol. The molecule has 0 spiro atoms. The average molecular weight is 257 g/mol. The van der Waals surface area contributed by atoms with Gasteiger partial charge in [0.15, 0.2) is 0 Å². The minimum Gasteiger partial charge on any atom is -0.394 e. The summed E-state index contributed by atoms with van der Waals surface area (Å²) in [6.07, 6.45) is 2.10. The van der Waals surface area contributed by atoms with Crippen LogP contribution in [0.5, 0.6) is 0 Å². The van der Waals surface area contributed by atoms with Crippen molar-refractivity contribution < 1.29 is 9.84 Å². The van der Waals surface area contributed by atoms with Crippen molar-refractivity contribution in [3.05, 3.63) is 34.3 Å². The first kappa shape index (κ1) is 10.1. The molecule has 0 saturated carbocycles. The van der Waals surface area contributed by atoms with Crippen LogP contribution in [-0.4, -0.2) is 17.8 Å². The summed E-state index contributed by atoms with van der Waals surface area (Å²) in [5.74, 6) is 0. The zero-order valence-corrected chi connectivity index (χ0v) is 9.40. The van der Waals surface area contributed by atoms with E-state index in [-0.39, 0.29) is 18.8 Å². The predicted molar refractivity (Wildman–Crippen MR) is 58.1 cm³/mol. The minimum atomic E-state index is 0.0205. The van der Waals surface area contributed by atoms with Gasteiger partial charge in [0, 0.05) is 4.47 Å². The summed E-state index contributed by atoms with van der Waals surface area (Å²) in [6.45, 7) is 0.126. The van der Waals surface area contributed by atoms with Crippen LogP contribution in [0.15, 0.2) is 28.7 Å². The summed E-state index contributed by atoms with van der Waals surface area (Å²) in [5, 5.41) is 8.96. The zero-order chi connectivity index (χ0) is 9.97. The van der Waals surface area contributed by atoms with Crippen molar-refractivity contribution in [3.63, 3.8) is 0 Å². The summed E-state index contributed by atoms with van der Waals surface area (Å²) in [5.41, 5.74) is 1.18. The van der Waals surface area contributed by atoms with Crippen LogP contribution in [0.3, 0.4) is 0 Å². The van der Waals surface area contributed by atoms with E-state index >= 15 is 0 Å². The van der Waals surface area contributed by atoms with Gasteiger partial charge < -0.3 is 9.84 Å². The number of halogens is 1. The molecule has 2 nitrogen and oxygen atoms in total. The fourth-order valence-corrected chi connectivity index (χ4v) is 2.35. The van der Waals surface area contributed by atoms with Crippen LogP contribution in [-0.2, 0) is 4.74 Å². The van der Waals surface area contributed by atoms with E-state index < -0.39 is 0 Å². The average Bonchev–Trinajstić information content (AvgIpc) is 2.67. The van der Waals surface area contributed by atoms with Gasteiger partial charge in [0.25, 0.3) is 0 Å². The maximum absolute atomic E-state index is 8.96. The summed E-state index contributed by atoms with van der Waals surface area (Å²) in [4.78, 5) is 0. The van der Waals surface area contributed by atoms with Crippen molar-refractivity contribution in [2.75, 3.05) is 6.61 Å². The van der Waals surface area contributed by atoms with E-state index in [1.54, 1.807) is 0 Å². The van der Waals surface area contributed by atoms with Crippen LogP contribution in [0, 0.1) is 0 Å². The van der Waals surface area contributed by atoms with Crippen LogP contribution in [0.2, 0.25) is 0 Å². The summed E-state index contributed by atoms with van der Waals surface area (Å²) in [7, 11) is 0. The maximum atomic E-state index is 8.96. The Morgan fingerprint density at radius 1 is 1.36 bits per heavy atom. The summed E-state index contributed by atoms with van der Waals surface area (Å²) < 4.78 is 6.78. The Morgan fingerprint density at radius 2 is 2.14 bits per heavy atom. The molecule has 0 radical (unpaired) electrons. The van der Waals surface area contributed by atoms with E-state index in [4.69, 9.17) is 9.84 Å². The van der Waals surface area contributed by atoms with Crippen molar-refractivity contribution in [1.29, 1.82) is 0 Å². The number of hydrogen-bond donors (Lipinski definition) is 1. The number of aliphatic hydroxyl groups excluding tert-OH is 1. The molecule has 1 aliphatic heterocycles. The van der Waals surface area contributed by atoms with E-state index in [1.165, 1.54) is 5.56 Å². The molecule has 1 aromatic carbocycles. The molecule has 1 fully saturated rings. The molecule has 0 bridgehead atoms. The van der Waals surface area contributed by atoms with E-state index in [1.807, 2.05) is 18.2 Å². The molecule has 76 valence electrons. The Morgan fingerprint density at radius 3 is 2.79 bits per heavy atom. The van der Waals surface area contributed by atoms with Gasteiger partial charge in [-0.25, -0.2) is 0 Å². The molecule has 1 aromatic rings. The Labute approximate surface area is 92.0 Å². The SMILES string of the molecule is OCC1CCC(c2ccccc2Br)O1. The number of benzene rings is 1. The van der Waals surface area contributed by atoms with Crippen LogP contribution in [0.4, 0.5) is 0 Å². The van der Waals surface area contributed by atoms with E-state index in [2.05, 4.69) is 22.0 Å². The lowest BCUT2D eigenvalue weighted by atomic mass is 10.1. The Bertz CT molecular complexity index is 314. The third kappa shape index (κ3) is 2.00. The molecule has 0 aromatic heterocycles. The van der Waals surface area contributed by atoms with Gasteiger partial charge in [0.05, 0.1) is 18.8 Å². The second-order valence-electron chi connectivity index (χ2n) is 3.53. The Hall–Kier alpha value is -0.380. The molecule has 1 heterocycles. The van der Waals surface area contributed by atoms with Crippen molar-refractivity contribution in [2.24, 2.45) is 0 Å². The van der Waals surface area contributed by atoms with Gasteiger partial charge >= 0.3 is 0 Å². The summed E-state index contributed by atoms with van der Waals surface area (Å²) in [6, 6.07) is 8.08. The molecule has 2 atom stereocenters. The van der Waals surface area contributed by atoms with Gasteiger partial charge in [0.1, 0.15) is 0 Å². The van der Waals surface area contributed by atoms with Gasteiger partial charge in [-0.3, -0.25) is 0 Å². The third-order valence-electron chi connectivity index (χ3n) is 2.56. The number of rotatable bonds is 2. The highest BCUT2D eigenvalue weighted by Crippen LogP contribution is 2.35. The fraction of sp³-hybridized carbons (Fsp3) is 0.455. The molecule has 1 N–H and O–H groups in total. The normalized spacial score (nSPS) is 26.7. The smallest absolute Gasteiger partial charge is 0.0841 e. The topological polar surface area (TPSA) is 29.5 Å². The fourth-order valence-electron chi connectivity index (χ4n) is 1.80. The summed E-state index contributed by atoms with van der Waals surface area (Å²) >= 11 is 3.51. The molecule has 0 amide bonds. The Kier molecular flexibility index (Phi) is 3.21. The van der Waals surface area contributed by atoms with Crippen molar-refractivity contribution in [3.8, 4) is 0 Å². The number of ether oxygens (including phenoxy) is 1. The second-order valence-corrected chi connectivity index (χ2v) is 4.38. The highest BCUT2D eigenvalue weighted by atomic mass is 79.9. The van der Waals surface area contributed by atoms with Crippen molar-refractivity contribution in [2.45, 2.75) is 25.0 Å². The largest absolute Gasteiger partial charge is 0.394 e. The highest BCUT2D eigenvalue weighted by Gasteiger charge is 2.26. The Balaban J connectivity index is 2.13. The minimum absolute atomic E-state index is 0.0205. The standard InChI is InChI=1S/C11H13BrO2/c12-10-4-2-1-3-9(10)11-6-5-8(7-13)14-11/h1-4,8,11,13H,5-7H2. The van der Waals surface area contributed by atoms with E-state index in [0.29, 0.717) is 0 Å². The number of hydrogen-bond acceptors (Lipinski definition) is 2. The first-order valence-electron chi connectivity index (χ1n) is 4.82. The van der Waals surface area contributed by atoms with Gasteiger partial charge in [-0.15, -0.1) is 0 Å².